The summed E-state index contributed by atoms with van der Waals surface area (Å²) >= 11 is 0. The Labute approximate surface area is 190 Å². The number of halogens is 6. The third-order valence-corrected chi connectivity index (χ3v) is 7.60. The van der Waals surface area contributed by atoms with Crippen LogP contribution in [0, 0.1) is 28.6 Å². The van der Waals surface area contributed by atoms with Gasteiger partial charge < -0.3 is 15.3 Å². The smallest absolute Gasteiger partial charge is 0.393 e. The lowest BCUT2D eigenvalue weighted by molar-refractivity contribution is -0.343. The van der Waals surface area contributed by atoms with E-state index in [-0.39, 0.29) is 23.2 Å². The highest BCUT2D eigenvalue weighted by molar-refractivity contribution is 5.22. The van der Waals surface area contributed by atoms with Crippen molar-refractivity contribution in [3.05, 3.63) is 23.8 Å². The van der Waals surface area contributed by atoms with Crippen LogP contribution in [0.15, 0.2) is 23.8 Å². The molecule has 0 radical (unpaired) electrons. The molecule has 4 unspecified atom stereocenters. The maximum absolute atomic E-state index is 12.8. The normalized spacial score (nSPS) is 30.9. The van der Waals surface area contributed by atoms with Crippen LogP contribution < -0.4 is 0 Å². The summed E-state index contributed by atoms with van der Waals surface area (Å²) in [6.07, 6.45) is -4.19. The minimum Gasteiger partial charge on any atom is -0.393 e. The van der Waals surface area contributed by atoms with Crippen LogP contribution in [0.2, 0.25) is 0 Å². The average molecular weight is 483 g/mol. The van der Waals surface area contributed by atoms with Gasteiger partial charge in [0.1, 0.15) is 0 Å². The lowest BCUT2D eigenvalue weighted by Gasteiger charge is -2.41. The Balaban J connectivity index is 2.06. The van der Waals surface area contributed by atoms with Crippen LogP contribution in [0.5, 0.6) is 0 Å². The van der Waals surface area contributed by atoms with Crippen molar-refractivity contribution in [2.75, 3.05) is 0 Å². The van der Waals surface area contributed by atoms with E-state index < -0.39 is 30.2 Å². The number of aliphatic hydroxyl groups is 3. The molecule has 0 aromatic heterocycles. The molecule has 188 valence electrons. The minimum atomic E-state index is -5.94. The first-order chi connectivity index (χ1) is 14.9. The second-order valence-electron chi connectivity index (χ2n) is 10.1. The van der Waals surface area contributed by atoms with Crippen LogP contribution in [-0.2, 0) is 0 Å². The Morgan fingerprint density at radius 2 is 1.55 bits per heavy atom. The first-order valence-corrected chi connectivity index (χ1v) is 11.0. The first-order valence-electron chi connectivity index (χ1n) is 11.0. The van der Waals surface area contributed by atoms with Crippen molar-refractivity contribution in [2.24, 2.45) is 16.7 Å². The monoisotopic (exact) mass is 482 g/mol. The summed E-state index contributed by atoms with van der Waals surface area (Å²) in [5.41, 5.74) is -4.74. The van der Waals surface area contributed by atoms with Crippen molar-refractivity contribution < 1.29 is 41.7 Å². The van der Waals surface area contributed by atoms with E-state index in [1.165, 1.54) is 0 Å². The molecule has 0 aromatic rings. The predicted octanol–water partition coefficient (Wildman–Crippen LogP) is 5.46. The molecule has 2 saturated carbocycles. The Kier molecular flexibility index (Phi) is 8.10. The fourth-order valence-corrected chi connectivity index (χ4v) is 4.85. The van der Waals surface area contributed by atoms with Gasteiger partial charge in [0.25, 0.3) is 0 Å². The highest BCUT2D eigenvalue weighted by atomic mass is 19.4. The zero-order valence-electron chi connectivity index (χ0n) is 19.0. The van der Waals surface area contributed by atoms with E-state index >= 15 is 0 Å². The molecule has 4 atom stereocenters. The molecular formula is C24H32F6O3. The summed E-state index contributed by atoms with van der Waals surface area (Å²) < 4.78 is 76.6. The second kappa shape index (κ2) is 9.63. The molecule has 2 fully saturated rings. The Bertz CT molecular complexity index is 789. The van der Waals surface area contributed by atoms with Crippen LogP contribution in [0.4, 0.5) is 26.3 Å². The lowest BCUT2D eigenvalue weighted by Crippen LogP contribution is -2.55. The molecule has 3 N–H and O–H groups in total. The molecule has 33 heavy (non-hydrogen) atoms. The molecule has 0 bridgehead atoms. The molecule has 3 nitrogen and oxygen atoms in total. The summed E-state index contributed by atoms with van der Waals surface area (Å²) in [7, 11) is 0. The van der Waals surface area contributed by atoms with Gasteiger partial charge in [-0.15, -0.1) is 0 Å². The zero-order valence-corrected chi connectivity index (χ0v) is 19.0. The van der Waals surface area contributed by atoms with E-state index in [1.54, 1.807) is 0 Å². The van der Waals surface area contributed by atoms with Gasteiger partial charge in [-0.1, -0.05) is 50.5 Å². The number of hydrogen-bond donors (Lipinski definition) is 3. The van der Waals surface area contributed by atoms with Crippen molar-refractivity contribution in [3.8, 4) is 11.8 Å². The predicted molar refractivity (Wildman–Crippen MR) is 112 cm³/mol. The maximum atomic E-state index is 12.8. The van der Waals surface area contributed by atoms with E-state index in [0.717, 1.165) is 24.3 Å². The van der Waals surface area contributed by atoms with Crippen LogP contribution in [0.1, 0.15) is 65.7 Å². The van der Waals surface area contributed by atoms with Gasteiger partial charge in [-0.05, 0) is 61.2 Å². The molecule has 0 aromatic carbocycles. The number of rotatable bonds is 4. The van der Waals surface area contributed by atoms with Gasteiger partial charge in [0.15, 0.2) is 0 Å². The third kappa shape index (κ3) is 5.95. The zero-order chi connectivity index (χ0) is 25.3. The Hall–Kier alpha value is -1.50. The summed E-state index contributed by atoms with van der Waals surface area (Å²) in [4.78, 5) is 0. The van der Waals surface area contributed by atoms with Gasteiger partial charge >= 0.3 is 18.0 Å². The van der Waals surface area contributed by atoms with Gasteiger partial charge in [0.2, 0.25) is 0 Å². The summed E-state index contributed by atoms with van der Waals surface area (Å²) in [5, 5.41) is 28.7. The van der Waals surface area contributed by atoms with Gasteiger partial charge in [-0.25, -0.2) is 0 Å². The van der Waals surface area contributed by atoms with Crippen LogP contribution >= 0.6 is 0 Å². The molecular weight excluding hydrogens is 450 g/mol. The van der Waals surface area contributed by atoms with Gasteiger partial charge in [-0.3, -0.25) is 0 Å². The van der Waals surface area contributed by atoms with Gasteiger partial charge in [0.05, 0.1) is 12.2 Å². The minimum absolute atomic E-state index is 0.132. The number of hydrogen-bond acceptors (Lipinski definition) is 3. The van der Waals surface area contributed by atoms with E-state index in [9.17, 15) is 36.6 Å². The van der Waals surface area contributed by atoms with Gasteiger partial charge in [0, 0.05) is 6.42 Å². The van der Waals surface area contributed by atoms with E-state index in [4.69, 9.17) is 5.11 Å². The van der Waals surface area contributed by atoms with Crippen molar-refractivity contribution in [2.45, 2.75) is 95.9 Å². The summed E-state index contributed by atoms with van der Waals surface area (Å²) in [5.74, 6) is 3.08. The fourth-order valence-electron chi connectivity index (χ4n) is 4.85. The molecule has 2 aliphatic rings. The Morgan fingerprint density at radius 3 is 2.06 bits per heavy atom. The fraction of sp³-hybridized carbons (Fsp3) is 0.750. The quantitative estimate of drug-likeness (QED) is 0.369. The largest absolute Gasteiger partial charge is 0.438 e. The molecule has 2 rings (SSSR count). The lowest BCUT2D eigenvalue weighted by atomic mass is 9.63. The highest BCUT2D eigenvalue weighted by Gasteiger charge is 2.70. The topological polar surface area (TPSA) is 60.7 Å². The van der Waals surface area contributed by atoms with E-state index in [0.29, 0.717) is 25.7 Å². The SMILES string of the molecule is CC1(CCC#CC(O)(C(F)(F)F)C(F)(F)F)CCC(C=CC=C2CC(O)CC(O)C2)C1(C)C. The number of aliphatic hydroxyl groups excluding tert-OH is 2. The molecule has 0 saturated heterocycles. The first kappa shape index (κ1) is 27.7. The van der Waals surface area contributed by atoms with Crippen molar-refractivity contribution in [1.29, 1.82) is 0 Å². The van der Waals surface area contributed by atoms with E-state index in [2.05, 4.69) is 0 Å². The Morgan fingerprint density at radius 1 is 1.00 bits per heavy atom. The number of alkyl halides is 6. The molecule has 2 aliphatic carbocycles. The van der Waals surface area contributed by atoms with Gasteiger partial charge in [-0.2, -0.15) is 26.3 Å². The number of allylic oxidation sites excluding steroid dienone is 3. The van der Waals surface area contributed by atoms with E-state index in [1.807, 2.05) is 44.9 Å². The maximum Gasteiger partial charge on any atom is 0.438 e. The molecule has 0 aliphatic heterocycles. The second-order valence-corrected chi connectivity index (χ2v) is 10.1. The molecule has 0 amide bonds. The average Bonchev–Trinajstić information content (AvgIpc) is 2.86. The van der Waals surface area contributed by atoms with Crippen molar-refractivity contribution in [3.63, 3.8) is 0 Å². The van der Waals surface area contributed by atoms with Crippen LogP contribution in [0.25, 0.3) is 0 Å². The summed E-state index contributed by atoms with van der Waals surface area (Å²) in [6.45, 7) is 5.99. The van der Waals surface area contributed by atoms with Crippen LogP contribution in [-0.4, -0.2) is 45.5 Å². The molecule has 9 heteroatoms. The van der Waals surface area contributed by atoms with Crippen molar-refractivity contribution in [1.82, 2.24) is 0 Å². The molecule has 0 heterocycles. The summed E-state index contributed by atoms with van der Waals surface area (Å²) in [6, 6.07) is 0. The van der Waals surface area contributed by atoms with Crippen molar-refractivity contribution >= 4 is 0 Å². The highest BCUT2D eigenvalue weighted by Crippen LogP contribution is 2.58. The standard InChI is InChI=1S/C24H32F6O3/c1-20(2)17(8-6-7-16-13-18(31)15-19(32)14-16)9-12-21(20,3)10-4-5-11-22(33,23(25,26)27)24(28,29)30/h6-8,17-19,31-33H,4,9-10,12-15H2,1-3H3. The van der Waals surface area contributed by atoms with Crippen LogP contribution in [0.3, 0.4) is 0 Å². The molecule has 0 spiro atoms. The third-order valence-electron chi connectivity index (χ3n) is 7.60.